The lowest BCUT2D eigenvalue weighted by Gasteiger charge is -2.29. The molecule has 0 amide bonds. The molecule has 2 rings (SSSR count). The number of ether oxygens (including phenoxy) is 1. The molecule has 21 heavy (non-hydrogen) atoms. The molecule has 1 aromatic rings. The number of rotatable bonds is 7. The number of benzene rings is 1. The Balaban J connectivity index is 1.61. The van der Waals surface area contributed by atoms with Crippen LogP contribution in [0.25, 0.3) is 0 Å². The number of nitrogens with one attached hydrogen (secondary N) is 1. The molecule has 3 atom stereocenters. The average Bonchev–Trinajstić information content (AvgIpc) is 2.49. The molecular weight excluding hydrogens is 262 g/mol. The smallest absolute Gasteiger partial charge is 0.119 e. The van der Waals surface area contributed by atoms with E-state index in [1.54, 1.807) is 0 Å². The fraction of sp³-hybridized carbons (Fsp3) is 0.667. The highest BCUT2D eigenvalue weighted by atomic mass is 16.5. The molecule has 1 saturated carbocycles. The second-order valence-corrected chi connectivity index (χ2v) is 6.46. The van der Waals surface area contributed by atoms with E-state index in [9.17, 15) is 5.11 Å². The van der Waals surface area contributed by atoms with Crippen LogP contribution in [0.5, 0.6) is 5.75 Å². The maximum Gasteiger partial charge on any atom is 0.119 e. The Morgan fingerprint density at radius 1 is 1.24 bits per heavy atom. The predicted octanol–water partition coefficient (Wildman–Crippen LogP) is 3.15. The number of hydrogen-bond acceptors (Lipinski definition) is 3. The summed E-state index contributed by atoms with van der Waals surface area (Å²) < 4.78 is 5.60. The molecule has 0 aromatic heterocycles. The first-order valence-corrected chi connectivity index (χ1v) is 8.23. The molecule has 118 valence electrons. The van der Waals surface area contributed by atoms with Gasteiger partial charge in [-0.1, -0.05) is 43.9 Å². The number of aryl methyl sites for hydroxylation is 1. The van der Waals surface area contributed by atoms with Crippen molar-refractivity contribution in [1.82, 2.24) is 5.32 Å². The largest absolute Gasteiger partial charge is 0.491 e. The van der Waals surface area contributed by atoms with Gasteiger partial charge >= 0.3 is 0 Å². The van der Waals surface area contributed by atoms with Crippen molar-refractivity contribution in [1.29, 1.82) is 0 Å². The maximum atomic E-state index is 9.97. The Kier molecular flexibility index (Phi) is 6.52. The van der Waals surface area contributed by atoms with Crippen molar-refractivity contribution in [2.45, 2.75) is 45.6 Å². The quantitative estimate of drug-likeness (QED) is 0.811. The maximum absolute atomic E-state index is 9.97. The molecular formula is C18H29NO2. The average molecular weight is 291 g/mol. The van der Waals surface area contributed by atoms with Crippen molar-refractivity contribution in [2.75, 3.05) is 19.7 Å². The van der Waals surface area contributed by atoms with Gasteiger partial charge in [0.15, 0.2) is 0 Å². The normalized spacial score (nSPS) is 23.8. The molecule has 1 aliphatic carbocycles. The standard InChI is InChI=1S/C18H29NO2/c1-14-7-9-18(10-8-14)21-13-17(20)12-19-11-16-6-4-3-5-15(16)2/h7-10,15-17,19-20H,3-6,11-13H2,1-2H3. The summed E-state index contributed by atoms with van der Waals surface area (Å²) >= 11 is 0. The van der Waals surface area contributed by atoms with Gasteiger partial charge in [0, 0.05) is 6.54 Å². The fourth-order valence-corrected chi connectivity index (χ4v) is 3.02. The van der Waals surface area contributed by atoms with E-state index < -0.39 is 6.10 Å². The van der Waals surface area contributed by atoms with E-state index >= 15 is 0 Å². The molecule has 0 bridgehead atoms. The third-order valence-corrected chi connectivity index (χ3v) is 4.54. The minimum atomic E-state index is -0.454. The summed E-state index contributed by atoms with van der Waals surface area (Å²) in [6, 6.07) is 7.92. The lowest BCUT2D eigenvalue weighted by Crippen LogP contribution is -2.36. The van der Waals surface area contributed by atoms with Crippen LogP contribution in [-0.2, 0) is 0 Å². The summed E-state index contributed by atoms with van der Waals surface area (Å²) in [6.45, 7) is 6.37. The van der Waals surface area contributed by atoms with Crippen LogP contribution in [0.15, 0.2) is 24.3 Å². The van der Waals surface area contributed by atoms with Gasteiger partial charge in [0.2, 0.25) is 0 Å². The number of aliphatic hydroxyl groups excluding tert-OH is 1. The first kappa shape index (κ1) is 16.3. The van der Waals surface area contributed by atoms with Crippen molar-refractivity contribution < 1.29 is 9.84 Å². The highest BCUT2D eigenvalue weighted by Crippen LogP contribution is 2.28. The Labute approximate surface area is 128 Å². The van der Waals surface area contributed by atoms with Gasteiger partial charge in [-0.3, -0.25) is 0 Å². The van der Waals surface area contributed by atoms with Crippen molar-refractivity contribution in [3.63, 3.8) is 0 Å². The van der Waals surface area contributed by atoms with E-state index in [1.165, 1.54) is 31.2 Å². The summed E-state index contributed by atoms with van der Waals surface area (Å²) in [5.74, 6) is 2.40. The van der Waals surface area contributed by atoms with Gasteiger partial charge in [-0.25, -0.2) is 0 Å². The van der Waals surface area contributed by atoms with E-state index in [-0.39, 0.29) is 0 Å². The highest BCUT2D eigenvalue weighted by Gasteiger charge is 2.20. The van der Waals surface area contributed by atoms with Crippen LogP contribution in [0.4, 0.5) is 0 Å². The van der Waals surface area contributed by atoms with Crippen LogP contribution in [0.1, 0.15) is 38.2 Å². The lowest BCUT2D eigenvalue weighted by atomic mass is 9.80. The number of aliphatic hydroxyl groups is 1. The zero-order valence-corrected chi connectivity index (χ0v) is 13.3. The number of hydrogen-bond donors (Lipinski definition) is 2. The van der Waals surface area contributed by atoms with Crippen LogP contribution >= 0.6 is 0 Å². The summed E-state index contributed by atoms with van der Waals surface area (Å²) in [5, 5.41) is 13.4. The molecule has 3 heteroatoms. The molecule has 3 nitrogen and oxygen atoms in total. The lowest BCUT2D eigenvalue weighted by molar-refractivity contribution is 0.103. The van der Waals surface area contributed by atoms with Crippen molar-refractivity contribution >= 4 is 0 Å². The van der Waals surface area contributed by atoms with Crippen LogP contribution in [-0.4, -0.2) is 30.9 Å². The van der Waals surface area contributed by atoms with E-state index in [0.29, 0.717) is 13.2 Å². The summed E-state index contributed by atoms with van der Waals surface area (Å²) in [7, 11) is 0. The van der Waals surface area contributed by atoms with Gasteiger partial charge in [-0.05, 0) is 43.9 Å². The van der Waals surface area contributed by atoms with Gasteiger partial charge in [0.1, 0.15) is 18.5 Å². The van der Waals surface area contributed by atoms with Crippen LogP contribution < -0.4 is 10.1 Å². The van der Waals surface area contributed by atoms with Crippen LogP contribution in [0, 0.1) is 18.8 Å². The topological polar surface area (TPSA) is 41.5 Å². The second-order valence-electron chi connectivity index (χ2n) is 6.46. The fourth-order valence-electron chi connectivity index (χ4n) is 3.02. The van der Waals surface area contributed by atoms with Crippen molar-refractivity contribution in [2.24, 2.45) is 11.8 Å². The molecule has 0 aliphatic heterocycles. The molecule has 1 aromatic carbocycles. The van der Waals surface area contributed by atoms with Gasteiger partial charge < -0.3 is 15.2 Å². The monoisotopic (exact) mass is 291 g/mol. The molecule has 0 spiro atoms. The van der Waals surface area contributed by atoms with Crippen molar-refractivity contribution in [3.8, 4) is 5.75 Å². The van der Waals surface area contributed by atoms with Gasteiger partial charge in [-0.15, -0.1) is 0 Å². The third kappa shape index (κ3) is 5.68. The molecule has 2 N–H and O–H groups in total. The molecule has 0 radical (unpaired) electrons. The Morgan fingerprint density at radius 3 is 2.67 bits per heavy atom. The van der Waals surface area contributed by atoms with Gasteiger partial charge in [-0.2, -0.15) is 0 Å². The molecule has 0 saturated heterocycles. The summed E-state index contributed by atoms with van der Waals surface area (Å²) in [6.07, 6.45) is 4.96. The Hall–Kier alpha value is -1.06. The molecule has 3 unspecified atom stereocenters. The molecule has 1 aliphatic rings. The first-order valence-electron chi connectivity index (χ1n) is 8.23. The van der Waals surface area contributed by atoms with E-state index in [0.717, 1.165) is 24.1 Å². The molecule has 0 heterocycles. The Morgan fingerprint density at radius 2 is 1.95 bits per heavy atom. The SMILES string of the molecule is Cc1ccc(OCC(O)CNCC2CCCCC2C)cc1. The van der Waals surface area contributed by atoms with Crippen molar-refractivity contribution in [3.05, 3.63) is 29.8 Å². The second kappa shape index (κ2) is 8.40. The highest BCUT2D eigenvalue weighted by molar-refractivity contribution is 5.26. The summed E-state index contributed by atoms with van der Waals surface area (Å²) in [4.78, 5) is 0. The van der Waals surface area contributed by atoms with Gasteiger partial charge in [0.25, 0.3) is 0 Å². The van der Waals surface area contributed by atoms with E-state index in [2.05, 4.69) is 19.2 Å². The summed E-state index contributed by atoms with van der Waals surface area (Å²) in [5.41, 5.74) is 1.21. The first-order chi connectivity index (χ1) is 10.1. The predicted molar refractivity (Wildman–Crippen MR) is 86.7 cm³/mol. The third-order valence-electron chi connectivity index (χ3n) is 4.54. The zero-order chi connectivity index (χ0) is 15.1. The molecule has 1 fully saturated rings. The zero-order valence-electron chi connectivity index (χ0n) is 13.3. The van der Waals surface area contributed by atoms with E-state index in [1.807, 2.05) is 24.3 Å². The Bertz CT molecular complexity index is 404. The van der Waals surface area contributed by atoms with E-state index in [4.69, 9.17) is 4.74 Å². The minimum Gasteiger partial charge on any atom is -0.491 e. The van der Waals surface area contributed by atoms with Crippen LogP contribution in [0.3, 0.4) is 0 Å². The van der Waals surface area contributed by atoms with Gasteiger partial charge in [0.05, 0.1) is 0 Å². The minimum absolute atomic E-state index is 0.344. The van der Waals surface area contributed by atoms with Crippen LogP contribution in [0.2, 0.25) is 0 Å².